The van der Waals surface area contributed by atoms with Crippen LogP contribution in [0.4, 0.5) is 14.5 Å². The fourth-order valence-electron chi connectivity index (χ4n) is 3.13. The van der Waals surface area contributed by atoms with Gasteiger partial charge >= 0.3 is 5.97 Å². The van der Waals surface area contributed by atoms with Gasteiger partial charge in [-0.05, 0) is 24.3 Å². The summed E-state index contributed by atoms with van der Waals surface area (Å²) in [7, 11) is -2.25. The Morgan fingerprint density at radius 2 is 1.75 bits per heavy atom. The Morgan fingerprint density at radius 1 is 1.00 bits per heavy atom. The molecule has 4 bridgehead atoms. The average Bonchev–Trinajstić information content (AvgIpc) is 2.76. The van der Waals surface area contributed by atoms with Gasteiger partial charge in [0, 0.05) is 23.6 Å². The molecule has 4 rings (SSSR count). The van der Waals surface area contributed by atoms with Crippen LogP contribution in [0, 0.1) is 11.6 Å². The summed E-state index contributed by atoms with van der Waals surface area (Å²) in [6.07, 6.45) is 0.337. The number of para-hydroxylation sites is 1. The minimum absolute atomic E-state index is 0.0191. The maximum absolute atomic E-state index is 14.7. The van der Waals surface area contributed by atoms with Gasteiger partial charge in [0.2, 0.25) is 0 Å². The highest BCUT2D eigenvalue weighted by molar-refractivity contribution is 7.86. The summed E-state index contributed by atoms with van der Waals surface area (Å²) in [5.41, 5.74) is 0.0496. The number of phenols is 1. The predicted molar refractivity (Wildman–Crippen MR) is 115 cm³/mol. The molecule has 0 saturated carbocycles. The van der Waals surface area contributed by atoms with Crippen molar-refractivity contribution in [3.8, 4) is 22.6 Å². The van der Waals surface area contributed by atoms with Crippen molar-refractivity contribution >= 4 is 34.2 Å². The number of cyclic esters (lactones) is 1. The molecular formula is C22H16ClF2NO5S. The molecule has 0 saturated heterocycles. The largest absolute Gasteiger partial charge is 0.505 e. The lowest BCUT2D eigenvalue weighted by Crippen LogP contribution is -2.12. The number of hydrogen-bond donors (Lipinski definition) is 2. The van der Waals surface area contributed by atoms with Crippen molar-refractivity contribution < 1.29 is 32.4 Å². The zero-order valence-electron chi connectivity index (χ0n) is 16.4. The van der Waals surface area contributed by atoms with Gasteiger partial charge in [-0.2, -0.15) is 0 Å². The molecule has 2 N–H and O–H groups in total. The van der Waals surface area contributed by atoms with Crippen LogP contribution < -0.4 is 9.46 Å². The van der Waals surface area contributed by atoms with Crippen LogP contribution in [-0.4, -0.2) is 28.5 Å². The summed E-state index contributed by atoms with van der Waals surface area (Å²) in [5, 5.41) is 10.00. The van der Waals surface area contributed by atoms with Crippen molar-refractivity contribution in [2.75, 3.05) is 17.9 Å². The molecule has 0 radical (unpaired) electrons. The van der Waals surface area contributed by atoms with Gasteiger partial charge in [0.25, 0.3) is 0 Å². The van der Waals surface area contributed by atoms with Crippen LogP contribution in [0.1, 0.15) is 16.8 Å². The molecule has 0 aromatic heterocycles. The molecule has 0 fully saturated rings. The highest BCUT2D eigenvalue weighted by atomic mass is 35.5. The third-order valence-corrected chi connectivity index (χ3v) is 6.08. The van der Waals surface area contributed by atoms with E-state index in [1.54, 1.807) is 24.3 Å². The summed E-state index contributed by atoms with van der Waals surface area (Å²) < 4.78 is 55.3. The third kappa shape index (κ3) is 4.39. The second kappa shape index (κ2) is 9.13. The zero-order valence-corrected chi connectivity index (χ0v) is 17.9. The molecule has 6 nitrogen and oxygen atoms in total. The Balaban J connectivity index is 1.85. The Labute approximate surface area is 189 Å². The summed E-state index contributed by atoms with van der Waals surface area (Å²) in [6.45, 7) is 0.190. The Bertz CT molecular complexity index is 1240. The molecule has 3 aromatic rings. The van der Waals surface area contributed by atoms with E-state index in [0.717, 1.165) is 12.1 Å². The summed E-state index contributed by atoms with van der Waals surface area (Å²) in [5.74, 6) is -2.78. The van der Waals surface area contributed by atoms with Crippen molar-refractivity contribution in [3.05, 3.63) is 70.8 Å². The van der Waals surface area contributed by atoms with Crippen LogP contribution in [0.3, 0.4) is 0 Å². The van der Waals surface area contributed by atoms with E-state index in [4.69, 9.17) is 21.1 Å². The van der Waals surface area contributed by atoms with Crippen LogP contribution >= 0.6 is 11.6 Å². The number of phenolic OH excluding ortho intramolecular Hbond substituents is 1. The van der Waals surface area contributed by atoms with E-state index in [9.17, 15) is 22.9 Å². The van der Waals surface area contributed by atoms with Crippen molar-refractivity contribution in [3.63, 3.8) is 0 Å². The maximum Gasteiger partial charge on any atom is 0.338 e. The Kier molecular flexibility index (Phi) is 6.29. The predicted octanol–water partition coefficient (Wildman–Crippen LogP) is 5.06. The van der Waals surface area contributed by atoms with Gasteiger partial charge in [0.15, 0.2) is 16.7 Å². The topological polar surface area (TPSA) is 84.9 Å². The first kappa shape index (κ1) is 22.0. The van der Waals surface area contributed by atoms with Crippen molar-refractivity contribution in [2.24, 2.45) is 0 Å². The lowest BCUT2D eigenvalue weighted by molar-refractivity contribution is 0.0485. The Morgan fingerprint density at radius 3 is 2.56 bits per heavy atom. The normalized spacial score (nSPS) is 16.3. The summed E-state index contributed by atoms with van der Waals surface area (Å²) >= 11 is 5.97. The molecule has 1 unspecified atom stereocenters. The van der Waals surface area contributed by atoms with Gasteiger partial charge < -0.3 is 14.6 Å². The lowest BCUT2D eigenvalue weighted by atomic mass is 10.0. The molecular weight excluding hydrogens is 464 g/mol. The number of esters is 1. The number of benzene rings is 3. The number of rotatable bonds is 0. The van der Waals surface area contributed by atoms with E-state index in [2.05, 4.69) is 4.72 Å². The second-order valence-corrected chi connectivity index (χ2v) is 8.41. The number of hydrogen-bond acceptors (Lipinski definition) is 5. The Hall–Kier alpha value is -3.17. The highest BCUT2D eigenvalue weighted by Crippen LogP contribution is 2.36. The van der Waals surface area contributed by atoms with Crippen LogP contribution in [0.15, 0.2) is 53.4 Å². The SMILES string of the molecule is O=C1OCCCOc2ccccc2-c2cc(c(F)cc2F)NS(=O)c2cc1cc(Cl)c2O. The smallest absolute Gasteiger partial charge is 0.338 e. The number of halogens is 3. The minimum Gasteiger partial charge on any atom is -0.505 e. The molecule has 1 atom stereocenters. The second-order valence-electron chi connectivity index (χ2n) is 6.82. The number of fused-ring (bicyclic) bond motifs is 6. The lowest BCUT2D eigenvalue weighted by Gasteiger charge is -2.16. The standard InChI is InChI=1S/C22H16ClF2NO5S/c23-15-8-12-9-20(21(15)27)32(29)26-18-10-14(16(24)11-17(18)25)13-4-1-2-5-19(13)30-6-3-7-31-22(12)28/h1-2,4-5,8-11,26-27H,3,6-7H2. The van der Waals surface area contributed by atoms with E-state index in [0.29, 0.717) is 23.8 Å². The van der Waals surface area contributed by atoms with E-state index >= 15 is 0 Å². The van der Waals surface area contributed by atoms with E-state index in [1.807, 2.05) is 0 Å². The number of carbonyl (C=O) groups excluding carboxylic acids is 1. The van der Waals surface area contributed by atoms with Crippen LogP contribution in [-0.2, 0) is 15.7 Å². The quantitative estimate of drug-likeness (QED) is 0.440. The van der Waals surface area contributed by atoms with Gasteiger partial charge in [0.05, 0.1) is 29.5 Å². The first-order chi connectivity index (χ1) is 15.3. The van der Waals surface area contributed by atoms with Crippen LogP contribution in [0.5, 0.6) is 11.5 Å². The zero-order chi connectivity index (χ0) is 22.8. The molecule has 0 aliphatic carbocycles. The van der Waals surface area contributed by atoms with Crippen molar-refractivity contribution in [1.82, 2.24) is 0 Å². The minimum atomic E-state index is -2.25. The first-order valence-electron chi connectivity index (χ1n) is 9.44. The van der Waals surface area contributed by atoms with Crippen LogP contribution in [0.25, 0.3) is 11.1 Å². The molecule has 1 heterocycles. The molecule has 1 aliphatic heterocycles. The monoisotopic (exact) mass is 479 g/mol. The first-order valence-corrected chi connectivity index (χ1v) is 11.0. The van der Waals surface area contributed by atoms with Gasteiger partial charge in [-0.15, -0.1) is 0 Å². The fraction of sp³-hybridized carbons (Fsp3) is 0.136. The summed E-state index contributed by atoms with van der Waals surface area (Å²) in [4.78, 5) is 12.1. The van der Waals surface area contributed by atoms with Gasteiger partial charge in [-0.3, -0.25) is 4.72 Å². The number of aromatic hydroxyl groups is 1. The van der Waals surface area contributed by atoms with Gasteiger partial charge in [-0.25, -0.2) is 17.8 Å². The molecule has 10 heteroatoms. The van der Waals surface area contributed by atoms with Crippen molar-refractivity contribution in [1.29, 1.82) is 0 Å². The van der Waals surface area contributed by atoms with Gasteiger partial charge in [0.1, 0.15) is 22.3 Å². The molecule has 0 spiro atoms. The molecule has 3 aromatic carbocycles. The number of carbonyl (C=O) groups is 1. The van der Waals surface area contributed by atoms with Crippen LogP contribution in [0.2, 0.25) is 5.02 Å². The third-order valence-electron chi connectivity index (χ3n) is 4.68. The highest BCUT2D eigenvalue weighted by Gasteiger charge is 2.21. The van der Waals surface area contributed by atoms with E-state index in [-0.39, 0.29) is 39.9 Å². The summed E-state index contributed by atoms with van der Waals surface area (Å²) in [6, 6.07) is 10.7. The molecule has 166 valence electrons. The number of nitrogens with one attached hydrogen (secondary N) is 1. The molecule has 1 aliphatic rings. The fourth-order valence-corrected chi connectivity index (χ4v) is 4.39. The number of anilines is 1. The average molecular weight is 480 g/mol. The van der Waals surface area contributed by atoms with Crippen molar-refractivity contribution in [2.45, 2.75) is 11.3 Å². The molecule has 32 heavy (non-hydrogen) atoms. The van der Waals surface area contributed by atoms with E-state index < -0.39 is 34.3 Å². The van der Waals surface area contributed by atoms with Gasteiger partial charge in [-0.1, -0.05) is 29.8 Å². The van der Waals surface area contributed by atoms with E-state index in [1.165, 1.54) is 6.07 Å². The maximum atomic E-state index is 14.7. The molecule has 0 amide bonds. The number of ether oxygens (including phenoxy) is 2.